The molecule has 0 aliphatic carbocycles. The van der Waals surface area contributed by atoms with Gasteiger partial charge in [-0.3, -0.25) is 4.79 Å². The van der Waals surface area contributed by atoms with Crippen LogP contribution in [-0.4, -0.2) is 64.8 Å². The van der Waals surface area contributed by atoms with E-state index in [9.17, 15) is 13.6 Å². The van der Waals surface area contributed by atoms with E-state index in [0.29, 0.717) is 37.0 Å². The predicted octanol–water partition coefficient (Wildman–Crippen LogP) is 2.90. The van der Waals surface area contributed by atoms with Crippen LogP contribution in [-0.2, 0) is 4.79 Å². The molecular weight excluding hydrogens is 408 g/mol. The number of anilines is 1. The third kappa shape index (κ3) is 4.57. The lowest BCUT2D eigenvalue weighted by Gasteiger charge is -2.39. The van der Waals surface area contributed by atoms with E-state index in [1.165, 1.54) is 11.0 Å². The van der Waals surface area contributed by atoms with E-state index in [4.69, 9.17) is 9.47 Å². The Morgan fingerprint density at radius 3 is 2.77 bits per heavy atom. The van der Waals surface area contributed by atoms with Crippen LogP contribution in [0.1, 0.15) is 30.9 Å². The predicted molar refractivity (Wildman–Crippen MR) is 110 cm³/mol. The molecule has 1 aromatic heterocycles. The first-order valence-corrected chi connectivity index (χ1v) is 10.5. The van der Waals surface area contributed by atoms with Crippen molar-refractivity contribution >= 4 is 11.9 Å². The van der Waals surface area contributed by atoms with Crippen molar-refractivity contribution in [2.45, 2.75) is 44.7 Å². The van der Waals surface area contributed by atoms with Gasteiger partial charge in [-0.1, -0.05) is 6.07 Å². The van der Waals surface area contributed by atoms with E-state index in [1.807, 2.05) is 19.1 Å². The zero-order valence-electron chi connectivity index (χ0n) is 17.6. The summed E-state index contributed by atoms with van der Waals surface area (Å²) < 4.78 is 39.3. The molecule has 2 aliphatic heterocycles. The number of benzene rings is 1. The molecule has 10 heteroatoms. The average molecular weight is 435 g/mol. The fourth-order valence-corrected chi connectivity index (χ4v) is 4.38. The van der Waals surface area contributed by atoms with Crippen molar-refractivity contribution in [3.8, 4) is 11.5 Å². The molecule has 0 saturated carbocycles. The zero-order valence-corrected chi connectivity index (χ0v) is 17.6. The van der Waals surface area contributed by atoms with Crippen LogP contribution in [0.5, 0.6) is 11.5 Å². The molecule has 168 valence electrons. The van der Waals surface area contributed by atoms with Crippen molar-refractivity contribution in [1.29, 1.82) is 0 Å². The van der Waals surface area contributed by atoms with Gasteiger partial charge in [0.15, 0.2) is 18.1 Å². The quantitative estimate of drug-likeness (QED) is 0.752. The molecule has 0 spiro atoms. The van der Waals surface area contributed by atoms with E-state index in [0.717, 1.165) is 18.4 Å². The van der Waals surface area contributed by atoms with Crippen LogP contribution in [0.3, 0.4) is 0 Å². The molecule has 1 fully saturated rings. The van der Waals surface area contributed by atoms with Gasteiger partial charge >= 0.3 is 0 Å². The number of nitrogens with one attached hydrogen (secondary N) is 1. The van der Waals surface area contributed by atoms with Gasteiger partial charge in [-0.15, -0.1) is 0 Å². The Morgan fingerprint density at radius 2 is 2.06 bits per heavy atom. The first-order chi connectivity index (χ1) is 15.0. The van der Waals surface area contributed by atoms with E-state index in [-0.39, 0.29) is 24.5 Å². The summed E-state index contributed by atoms with van der Waals surface area (Å²) in [6.45, 7) is 3.03. The van der Waals surface area contributed by atoms with Crippen LogP contribution in [0.2, 0.25) is 0 Å². The first-order valence-electron chi connectivity index (χ1n) is 10.5. The highest BCUT2D eigenvalue weighted by atomic mass is 19.3. The van der Waals surface area contributed by atoms with Crippen molar-refractivity contribution in [3.63, 3.8) is 0 Å². The van der Waals surface area contributed by atoms with Crippen LogP contribution in [0.25, 0.3) is 0 Å². The molecule has 0 unspecified atom stereocenters. The van der Waals surface area contributed by atoms with Gasteiger partial charge in [0.1, 0.15) is 12.4 Å². The summed E-state index contributed by atoms with van der Waals surface area (Å²) in [5.74, 6) is 1.61. The standard InChI is InChI=1S/C21H27F2N5O3/c1-13-3-4-17(18(9-13)30-2)31-11-19(29)27-7-5-14(6-8-27)15-10-16(20(22)23)28-21(26-15)24-12-25-28/h3-4,9,12,14-16,20H,5-8,10-11H2,1-2H3,(H,24,25,26)/t15-,16+/m0/s1. The van der Waals surface area contributed by atoms with Crippen molar-refractivity contribution < 1.29 is 23.0 Å². The summed E-state index contributed by atoms with van der Waals surface area (Å²) in [4.78, 5) is 18.5. The van der Waals surface area contributed by atoms with Crippen molar-refractivity contribution in [3.05, 3.63) is 30.1 Å². The molecule has 1 aromatic carbocycles. The Morgan fingerprint density at radius 1 is 1.29 bits per heavy atom. The van der Waals surface area contributed by atoms with Gasteiger partial charge in [0.2, 0.25) is 5.95 Å². The molecule has 2 aliphatic rings. The highest BCUT2D eigenvalue weighted by Gasteiger charge is 2.38. The van der Waals surface area contributed by atoms with Gasteiger partial charge in [0.05, 0.1) is 7.11 Å². The minimum Gasteiger partial charge on any atom is -0.493 e. The summed E-state index contributed by atoms with van der Waals surface area (Å²) in [5.41, 5.74) is 1.04. The second-order valence-corrected chi connectivity index (χ2v) is 8.08. The van der Waals surface area contributed by atoms with Crippen LogP contribution in [0.15, 0.2) is 24.5 Å². The molecule has 0 radical (unpaired) electrons. The van der Waals surface area contributed by atoms with Gasteiger partial charge in [0.25, 0.3) is 12.3 Å². The van der Waals surface area contributed by atoms with E-state index < -0.39 is 12.5 Å². The minimum absolute atomic E-state index is 0.0671. The van der Waals surface area contributed by atoms with Crippen LogP contribution >= 0.6 is 0 Å². The van der Waals surface area contributed by atoms with Crippen molar-refractivity contribution in [2.75, 3.05) is 32.1 Å². The van der Waals surface area contributed by atoms with Gasteiger partial charge in [-0.25, -0.2) is 13.5 Å². The summed E-state index contributed by atoms with van der Waals surface area (Å²) >= 11 is 0. The number of amides is 1. The minimum atomic E-state index is -2.50. The molecule has 0 bridgehead atoms. The van der Waals surface area contributed by atoms with Gasteiger partial charge in [-0.2, -0.15) is 10.1 Å². The van der Waals surface area contributed by atoms with E-state index >= 15 is 0 Å². The fraction of sp³-hybridized carbons (Fsp3) is 0.571. The number of ether oxygens (including phenoxy) is 2. The number of hydrogen-bond acceptors (Lipinski definition) is 6. The summed E-state index contributed by atoms with van der Waals surface area (Å²) in [7, 11) is 1.56. The average Bonchev–Trinajstić information content (AvgIpc) is 3.26. The summed E-state index contributed by atoms with van der Waals surface area (Å²) in [5, 5.41) is 7.18. The molecule has 8 nitrogen and oxygen atoms in total. The first kappa shape index (κ1) is 21.3. The van der Waals surface area contributed by atoms with Crippen LogP contribution in [0.4, 0.5) is 14.7 Å². The number of carbonyl (C=O) groups excluding carboxylic acids is 1. The Balaban J connectivity index is 1.30. The number of fused-ring (bicyclic) bond motifs is 1. The number of carbonyl (C=O) groups is 1. The Labute approximate surface area is 179 Å². The van der Waals surface area contributed by atoms with Crippen LogP contribution in [0, 0.1) is 12.8 Å². The summed E-state index contributed by atoms with van der Waals surface area (Å²) in [6, 6.07) is 4.47. The fourth-order valence-electron chi connectivity index (χ4n) is 4.38. The maximum absolute atomic E-state index is 13.5. The third-order valence-electron chi connectivity index (χ3n) is 6.12. The zero-order chi connectivity index (χ0) is 22.0. The van der Waals surface area contributed by atoms with Crippen molar-refractivity contribution in [2.24, 2.45) is 5.92 Å². The second-order valence-electron chi connectivity index (χ2n) is 8.08. The maximum Gasteiger partial charge on any atom is 0.260 e. The Bertz CT molecular complexity index is 914. The maximum atomic E-state index is 13.5. The SMILES string of the molecule is COc1cc(C)ccc1OCC(=O)N1CCC([C@@H]2C[C@H](C(F)F)n3ncnc3N2)CC1. The van der Waals surface area contributed by atoms with Gasteiger partial charge in [-0.05, 0) is 49.8 Å². The number of piperidine rings is 1. The topological polar surface area (TPSA) is 81.5 Å². The molecule has 31 heavy (non-hydrogen) atoms. The van der Waals surface area contributed by atoms with Gasteiger partial charge in [0, 0.05) is 19.1 Å². The second kappa shape index (κ2) is 9.07. The number of likely N-dealkylation sites (tertiary alicyclic amines) is 1. The molecule has 1 amide bonds. The van der Waals surface area contributed by atoms with E-state index in [2.05, 4.69) is 15.4 Å². The van der Waals surface area contributed by atoms with Crippen molar-refractivity contribution in [1.82, 2.24) is 19.7 Å². The van der Waals surface area contributed by atoms with E-state index in [1.54, 1.807) is 18.1 Å². The molecular formula is C21H27F2N5O3. The summed E-state index contributed by atoms with van der Waals surface area (Å²) in [6.07, 6.45) is 0.568. The number of halogens is 2. The number of aromatic nitrogens is 3. The molecule has 1 N–H and O–H groups in total. The van der Waals surface area contributed by atoms with Crippen LogP contribution < -0.4 is 14.8 Å². The third-order valence-corrected chi connectivity index (χ3v) is 6.12. The highest BCUT2D eigenvalue weighted by Crippen LogP contribution is 2.35. The number of methoxy groups -OCH3 is 1. The lowest BCUT2D eigenvalue weighted by molar-refractivity contribution is -0.134. The molecule has 2 atom stereocenters. The number of aryl methyl sites for hydroxylation is 1. The Hall–Kier alpha value is -2.91. The molecule has 4 rings (SSSR count). The smallest absolute Gasteiger partial charge is 0.260 e. The number of nitrogens with zero attached hydrogens (tertiary/aromatic N) is 4. The number of rotatable bonds is 6. The van der Waals surface area contributed by atoms with Gasteiger partial charge < -0.3 is 19.7 Å². The lowest BCUT2D eigenvalue weighted by Crippen LogP contribution is -2.47. The number of alkyl halides is 2. The lowest BCUT2D eigenvalue weighted by atomic mass is 9.85. The highest BCUT2D eigenvalue weighted by molar-refractivity contribution is 5.78. The molecule has 1 saturated heterocycles. The number of hydrogen-bond donors (Lipinski definition) is 1. The Kier molecular flexibility index (Phi) is 6.24. The monoisotopic (exact) mass is 435 g/mol. The largest absolute Gasteiger partial charge is 0.493 e. The molecule has 2 aromatic rings. The normalized spacial score (nSPS) is 21.5. The molecule has 3 heterocycles.